The number of hydrogen-bond acceptors (Lipinski definition) is 2. The van der Waals surface area contributed by atoms with E-state index in [1.807, 2.05) is 13.0 Å². The highest BCUT2D eigenvalue weighted by Gasteiger charge is 2.09. The van der Waals surface area contributed by atoms with Crippen LogP contribution in [-0.4, -0.2) is 18.2 Å². The van der Waals surface area contributed by atoms with E-state index in [9.17, 15) is 4.39 Å². The van der Waals surface area contributed by atoms with E-state index in [1.165, 1.54) is 6.07 Å². The highest BCUT2D eigenvalue weighted by molar-refractivity contribution is 5.16. The largest absolute Gasteiger partial charge is 0.374 e. The molecule has 1 unspecified atom stereocenters. The number of rotatable bonds is 7. The van der Waals surface area contributed by atoms with Crippen molar-refractivity contribution in [1.29, 1.82) is 0 Å². The van der Waals surface area contributed by atoms with E-state index in [4.69, 9.17) is 4.74 Å². The molecule has 19 heavy (non-hydrogen) atoms. The molecule has 0 amide bonds. The third kappa shape index (κ3) is 7.28. The van der Waals surface area contributed by atoms with Crippen molar-refractivity contribution >= 4 is 0 Å². The van der Waals surface area contributed by atoms with E-state index in [1.54, 1.807) is 12.1 Å². The molecule has 1 aromatic rings. The number of nitrogens with one attached hydrogen (secondary N) is 1. The van der Waals surface area contributed by atoms with E-state index in [-0.39, 0.29) is 17.5 Å². The summed E-state index contributed by atoms with van der Waals surface area (Å²) >= 11 is 0. The van der Waals surface area contributed by atoms with Gasteiger partial charge in [0.05, 0.1) is 12.7 Å². The Morgan fingerprint density at radius 3 is 2.58 bits per heavy atom. The maximum Gasteiger partial charge on any atom is 0.128 e. The lowest BCUT2D eigenvalue weighted by atomic mass is 10.1. The fourth-order valence-electron chi connectivity index (χ4n) is 1.78. The summed E-state index contributed by atoms with van der Waals surface area (Å²) in [6.45, 7) is 9.84. The zero-order valence-electron chi connectivity index (χ0n) is 12.5. The van der Waals surface area contributed by atoms with Crippen molar-refractivity contribution in [3.8, 4) is 0 Å². The minimum atomic E-state index is -0.191. The molecule has 0 fully saturated rings. The van der Waals surface area contributed by atoms with Gasteiger partial charge in [-0.15, -0.1) is 0 Å². The first-order valence-electron chi connectivity index (χ1n) is 6.98. The maximum atomic E-state index is 13.4. The molecule has 1 N–H and O–H groups in total. The molecule has 0 saturated heterocycles. The van der Waals surface area contributed by atoms with Crippen LogP contribution in [0, 0.1) is 5.82 Å². The van der Waals surface area contributed by atoms with Gasteiger partial charge >= 0.3 is 0 Å². The Bertz CT molecular complexity index is 373. The van der Waals surface area contributed by atoms with E-state index in [0.717, 1.165) is 19.4 Å². The molecule has 0 bridgehead atoms. The monoisotopic (exact) mass is 267 g/mol. The highest BCUT2D eigenvalue weighted by Crippen LogP contribution is 2.11. The summed E-state index contributed by atoms with van der Waals surface area (Å²) in [7, 11) is 0. The molecule has 1 atom stereocenters. The molecule has 0 aliphatic heterocycles. The van der Waals surface area contributed by atoms with Crippen LogP contribution in [0.5, 0.6) is 0 Å². The van der Waals surface area contributed by atoms with Crippen LogP contribution in [-0.2, 0) is 11.3 Å². The van der Waals surface area contributed by atoms with E-state index in [0.29, 0.717) is 12.2 Å². The zero-order valence-corrected chi connectivity index (χ0v) is 12.5. The lowest BCUT2D eigenvalue weighted by molar-refractivity contribution is 0.0445. The molecule has 0 heterocycles. The first-order valence-corrected chi connectivity index (χ1v) is 6.98. The summed E-state index contributed by atoms with van der Waals surface area (Å²) in [4.78, 5) is 0. The van der Waals surface area contributed by atoms with Crippen LogP contribution in [0.2, 0.25) is 0 Å². The summed E-state index contributed by atoms with van der Waals surface area (Å²) in [5, 5.41) is 3.44. The van der Waals surface area contributed by atoms with Crippen LogP contribution in [0.1, 0.15) is 46.1 Å². The summed E-state index contributed by atoms with van der Waals surface area (Å²) in [5.41, 5.74) is 0.791. The quantitative estimate of drug-likeness (QED) is 0.757. The number of benzene rings is 1. The summed E-state index contributed by atoms with van der Waals surface area (Å²) in [6, 6.07) is 6.76. The Hall–Kier alpha value is -0.930. The first kappa shape index (κ1) is 16.1. The van der Waals surface area contributed by atoms with E-state index >= 15 is 0 Å². The van der Waals surface area contributed by atoms with Gasteiger partial charge in [-0.05, 0) is 53.1 Å². The predicted octanol–water partition coefficient (Wildman–Crippen LogP) is 3.90. The van der Waals surface area contributed by atoms with E-state index < -0.39 is 0 Å². The van der Waals surface area contributed by atoms with Crippen molar-refractivity contribution in [3.05, 3.63) is 35.6 Å². The summed E-state index contributed by atoms with van der Waals surface area (Å²) < 4.78 is 19.1. The molecule has 108 valence electrons. The molecular formula is C16H26FNO. The number of hydrogen-bond donors (Lipinski definition) is 1. The van der Waals surface area contributed by atoms with Crippen molar-refractivity contribution < 1.29 is 9.13 Å². The second-order valence-electron chi connectivity index (χ2n) is 6.03. The summed E-state index contributed by atoms with van der Waals surface area (Å²) in [6.07, 6.45) is 2.20. The third-order valence-corrected chi connectivity index (χ3v) is 2.92. The number of ether oxygens (including phenoxy) is 1. The molecule has 1 aromatic carbocycles. The van der Waals surface area contributed by atoms with Crippen molar-refractivity contribution in [2.24, 2.45) is 0 Å². The molecule has 0 saturated carbocycles. The molecule has 0 aromatic heterocycles. The lowest BCUT2D eigenvalue weighted by Gasteiger charge is -2.21. The van der Waals surface area contributed by atoms with Crippen molar-refractivity contribution in [2.45, 2.75) is 58.8 Å². The summed E-state index contributed by atoms with van der Waals surface area (Å²) in [5.74, 6) is -0.191. The van der Waals surface area contributed by atoms with Crippen LogP contribution in [0.25, 0.3) is 0 Å². The van der Waals surface area contributed by atoms with Gasteiger partial charge in [0.1, 0.15) is 5.82 Å². The zero-order chi connectivity index (χ0) is 14.3. The standard InChI is InChI=1S/C16H26FNO/c1-13(8-7-11-18-16(2,3)4)19-12-14-9-5-6-10-15(14)17/h5-6,9-10,13,18H,7-8,11-12H2,1-4H3. The van der Waals surface area contributed by atoms with Gasteiger partial charge in [-0.25, -0.2) is 4.39 Å². The molecule has 0 aliphatic rings. The van der Waals surface area contributed by atoms with Crippen LogP contribution >= 0.6 is 0 Å². The Kier molecular flexibility index (Phi) is 6.46. The van der Waals surface area contributed by atoms with Crippen LogP contribution < -0.4 is 5.32 Å². The SMILES string of the molecule is CC(CCCNC(C)(C)C)OCc1ccccc1F. The van der Waals surface area contributed by atoms with Gasteiger partial charge in [0.15, 0.2) is 0 Å². The fraction of sp³-hybridized carbons (Fsp3) is 0.625. The van der Waals surface area contributed by atoms with Gasteiger partial charge in [0.25, 0.3) is 0 Å². The molecular weight excluding hydrogens is 241 g/mol. The topological polar surface area (TPSA) is 21.3 Å². The van der Waals surface area contributed by atoms with Crippen molar-refractivity contribution in [1.82, 2.24) is 5.32 Å². The molecule has 1 rings (SSSR count). The average molecular weight is 267 g/mol. The van der Waals surface area contributed by atoms with Crippen LogP contribution in [0.15, 0.2) is 24.3 Å². The normalized spacial score (nSPS) is 13.5. The molecule has 0 spiro atoms. The van der Waals surface area contributed by atoms with Gasteiger partial charge in [-0.1, -0.05) is 18.2 Å². The molecule has 3 heteroatoms. The second kappa shape index (κ2) is 7.61. The van der Waals surface area contributed by atoms with Gasteiger partial charge in [0, 0.05) is 11.1 Å². The Balaban J connectivity index is 2.18. The van der Waals surface area contributed by atoms with Gasteiger partial charge in [0.2, 0.25) is 0 Å². The maximum absolute atomic E-state index is 13.4. The Morgan fingerprint density at radius 1 is 1.26 bits per heavy atom. The van der Waals surface area contributed by atoms with Gasteiger partial charge < -0.3 is 10.1 Å². The lowest BCUT2D eigenvalue weighted by Crippen LogP contribution is -2.36. The number of halogens is 1. The van der Waals surface area contributed by atoms with Crippen LogP contribution in [0.3, 0.4) is 0 Å². The van der Waals surface area contributed by atoms with Crippen molar-refractivity contribution in [2.75, 3.05) is 6.54 Å². The fourth-order valence-corrected chi connectivity index (χ4v) is 1.78. The molecule has 0 radical (unpaired) electrons. The minimum Gasteiger partial charge on any atom is -0.374 e. The van der Waals surface area contributed by atoms with E-state index in [2.05, 4.69) is 26.1 Å². The molecule has 2 nitrogen and oxygen atoms in total. The first-order chi connectivity index (χ1) is 8.88. The third-order valence-electron chi connectivity index (χ3n) is 2.92. The Labute approximate surface area is 116 Å². The van der Waals surface area contributed by atoms with Gasteiger partial charge in [-0.2, -0.15) is 0 Å². The predicted molar refractivity (Wildman–Crippen MR) is 77.6 cm³/mol. The smallest absolute Gasteiger partial charge is 0.128 e. The average Bonchev–Trinajstić information content (AvgIpc) is 2.32. The molecule has 0 aliphatic carbocycles. The van der Waals surface area contributed by atoms with Crippen molar-refractivity contribution in [3.63, 3.8) is 0 Å². The minimum absolute atomic E-state index is 0.154. The van der Waals surface area contributed by atoms with Gasteiger partial charge in [-0.3, -0.25) is 0 Å². The van der Waals surface area contributed by atoms with Crippen LogP contribution in [0.4, 0.5) is 4.39 Å². The second-order valence-corrected chi connectivity index (χ2v) is 6.03. The highest BCUT2D eigenvalue weighted by atomic mass is 19.1. The Morgan fingerprint density at radius 2 is 1.95 bits per heavy atom.